The number of sulfonamides is 1. The molecule has 1 N–H and O–H groups in total. The van der Waals surface area contributed by atoms with Gasteiger partial charge >= 0.3 is 5.97 Å². The van der Waals surface area contributed by atoms with E-state index in [-0.39, 0.29) is 21.5 Å². The minimum absolute atomic E-state index is 0.0162. The number of aromatic nitrogens is 1. The lowest BCUT2D eigenvalue weighted by atomic mass is 10.3. The van der Waals surface area contributed by atoms with Gasteiger partial charge in [-0.25, -0.2) is 22.5 Å². The molecule has 0 unspecified atom stereocenters. The molecule has 0 saturated heterocycles. The summed E-state index contributed by atoms with van der Waals surface area (Å²) < 4.78 is 35.9. The number of anilines is 1. The van der Waals surface area contributed by atoms with Crippen molar-refractivity contribution in [2.75, 3.05) is 26.0 Å². The molecule has 1 aromatic heterocycles. The van der Waals surface area contributed by atoms with E-state index < -0.39 is 28.5 Å². The van der Waals surface area contributed by atoms with Gasteiger partial charge in [-0.15, -0.1) is 0 Å². The topological polar surface area (TPSA) is 119 Å². The van der Waals surface area contributed by atoms with Crippen molar-refractivity contribution in [1.82, 2.24) is 9.29 Å². The third-order valence-corrected chi connectivity index (χ3v) is 6.29. The lowest BCUT2D eigenvalue weighted by Crippen LogP contribution is -2.23. The summed E-state index contributed by atoms with van der Waals surface area (Å²) in [4.78, 5) is 27.9. The molecule has 0 aliphatic carbocycles. The second-order valence-electron chi connectivity index (χ2n) is 6.44. The monoisotopic (exact) mass is 463 g/mol. The molecule has 0 fully saturated rings. The van der Waals surface area contributed by atoms with Gasteiger partial charge in [-0.3, -0.25) is 4.79 Å². The molecule has 2 aromatic carbocycles. The first-order chi connectivity index (χ1) is 14.7. The van der Waals surface area contributed by atoms with Gasteiger partial charge in [-0.2, -0.15) is 0 Å². The van der Waals surface area contributed by atoms with Gasteiger partial charge < -0.3 is 14.5 Å². The average molecular weight is 464 g/mol. The van der Waals surface area contributed by atoms with Crippen LogP contribution in [0, 0.1) is 0 Å². The zero-order valence-corrected chi connectivity index (χ0v) is 18.1. The van der Waals surface area contributed by atoms with Gasteiger partial charge in [0, 0.05) is 31.9 Å². The maximum absolute atomic E-state index is 12.3. The van der Waals surface area contributed by atoms with Crippen molar-refractivity contribution in [3.63, 3.8) is 0 Å². The third kappa shape index (κ3) is 5.48. The predicted octanol–water partition coefficient (Wildman–Crippen LogP) is 2.93. The Bertz CT molecular complexity index is 1230. The fraction of sp³-hybridized carbons (Fsp3) is 0.150. The molecule has 162 valence electrons. The SMILES string of the molecule is CN(C)S(=O)(=O)c1cc(NC(=O)COC(=O)/C=C/c2nc3ccccc3o2)ccc1Cl. The summed E-state index contributed by atoms with van der Waals surface area (Å²) in [7, 11) is -1.06. The van der Waals surface area contributed by atoms with Crippen LogP contribution in [0.2, 0.25) is 5.02 Å². The number of esters is 1. The minimum atomic E-state index is -3.79. The number of amides is 1. The zero-order valence-electron chi connectivity index (χ0n) is 16.5. The molecule has 0 bridgehead atoms. The Labute approximate surface area is 183 Å². The first kappa shape index (κ1) is 22.5. The summed E-state index contributed by atoms with van der Waals surface area (Å²) in [6.45, 7) is -0.574. The molecule has 0 aliphatic rings. The number of nitrogens with one attached hydrogen (secondary N) is 1. The van der Waals surface area contributed by atoms with Gasteiger partial charge in [0.25, 0.3) is 5.91 Å². The number of ether oxygens (including phenoxy) is 1. The van der Waals surface area contributed by atoms with E-state index in [1.54, 1.807) is 18.2 Å². The van der Waals surface area contributed by atoms with Crippen LogP contribution in [0.15, 0.2) is 57.9 Å². The van der Waals surface area contributed by atoms with E-state index in [1.807, 2.05) is 6.07 Å². The number of benzene rings is 2. The smallest absolute Gasteiger partial charge is 0.331 e. The Morgan fingerprint density at radius 2 is 1.97 bits per heavy atom. The van der Waals surface area contributed by atoms with E-state index >= 15 is 0 Å². The highest BCUT2D eigenvalue weighted by Crippen LogP contribution is 2.26. The molecule has 0 spiro atoms. The van der Waals surface area contributed by atoms with Gasteiger partial charge in [0.15, 0.2) is 12.2 Å². The Kier molecular flexibility index (Phi) is 6.74. The van der Waals surface area contributed by atoms with Crippen molar-refractivity contribution in [1.29, 1.82) is 0 Å². The van der Waals surface area contributed by atoms with Crippen LogP contribution in [0.1, 0.15) is 5.89 Å². The van der Waals surface area contributed by atoms with E-state index in [0.29, 0.717) is 11.1 Å². The van der Waals surface area contributed by atoms with Gasteiger partial charge in [-0.1, -0.05) is 23.7 Å². The largest absolute Gasteiger partial charge is 0.452 e. The zero-order chi connectivity index (χ0) is 22.6. The number of fused-ring (bicyclic) bond motifs is 1. The number of oxazole rings is 1. The van der Waals surface area contributed by atoms with Crippen LogP contribution >= 0.6 is 11.6 Å². The molecule has 9 nitrogen and oxygen atoms in total. The first-order valence-corrected chi connectivity index (χ1v) is 10.7. The lowest BCUT2D eigenvalue weighted by molar-refractivity contribution is -0.142. The highest BCUT2D eigenvalue weighted by atomic mass is 35.5. The van der Waals surface area contributed by atoms with Crippen molar-refractivity contribution in [3.05, 3.63) is 59.5 Å². The number of nitrogens with zero attached hydrogens (tertiary/aromatic N) is 2. The Morgan fingerprint density at radius 1 is 1.23 bits per heavy atom. The van der Waals surface area contributed by atoms with E-state index in [9.17, 15) is 18.0 Å². The van der Waals surface area contributed by atoms with Crippen LogP contribution in [0.5, 0.6) is 0 Å². The number of hydrogen-bond acceptors (Lipinski definition) is 7. The summed E-state index contributed by atoms with van der Waals surface area (Å²) in [5.41, 5.74) is 1.41. The van der Waals surface area contributed by atoms with Gasteiger partial charge in [0.2, 0.25) is 15.9 Å². The van der Waals surface area contributed by atoms with Gasteiger partial charge in [0.05, 0.1) is 5.02 Å². The number of para-hydroxylation sites is 2. The lowest BCUT2D eigenvalue weighted by Gasteiger charge is -2.14. The van der Waals surface area contributed by atoms with E-state index in [4.69, 9.17) is 20.8 Å². The Hall–Kier alpha value is -3.21. The molecule has 31 heavy (non-hydrogen) atoms. The van der Waals surface area contributed by atoms with Crippen LogP contribution in [-0.2, 0) is 24.3 Å². The number of carbonyl (C=O) groups excluding carboxylic acids is 2. The maximum Gasteiger partial charge on any atom is 0.331 e. The van der Waals surface area contributed by atoms with Crippen LogP contribution in [0.4, 0.5) is 5.69 Å². The van der Waals surface area contributed by atoms with E-state index in [0.717, 1.165) is 10.4 Å². The minimum Gasteiger partial charge on any atom is -0.452 e. The summed E-state index contributed by atoms with van der Waals surface area (Å²) in [6, 6.07) is 11.1. The van der Waals surface area contributed by atoms with Crippen LogP contribution in [-0.4, -0.2) is 50.3 Å². The molecule has 0 aliphatic heterocycles. The van der Waals surface area contributed by atoms with Crippen molar-refractivity contribution in [2.24, 2.45) is 0 Å². The van der Waals surface area contributed by atoms with Crippen LogP contribution < -0.4 is 5.32 Å². The predicted molar refractivity (Wildman–Crippen MR) is 115 cm³/mol. The quantitative estimate of drug-likeness (QED) is 0.422. The number of carbonyl (C=O) groups is 2. The molecule has 11 heteroatoms. The van der Waals surface area contributed by atoms with Crippen molar-refractivity contribution < 1.29 is 27.2 Å². The summed E-state index contributed by atoms with van der Waals surface area (Å²) in [6.07, 6.45) is 2.42. The average Bonchev–Trinajstić information content (AvgIpc) is 3.15. The second kappa shape index (κ2) is 9.29. The molecule has 3 rings (SSSR count). The highest BCUT2D eigenvalue weighted by molar-refractivity contribution is 7.89. The number of halogens is 1. The second-order valence-corrected chi connectivity index (χ2v) is 8.97. The molecule has 0 radical (unpaired) electrons. The summed E-state index contributed by atoms with van der Waals surface area (Å²) in [5, 5.41) is 2.47. The van der Waals surface area contributed by atoms with E-state index in [1.165, 1.54) is 38.4 Å². The van der Waals surface area contributed by atoms with Crippen molar-refractivity contribution >= 4 is 56.4 Å². The fourth-order valence-corrected chi connectivity index (χ4v) is 3.85. The Balaban J connectivity index is 1.58. The van der Waals surface area contributed by atoms with Crippen molar-refractivity contribution in [2.45, 2.75) is 4.90 Å². The summed E-state index contributed by atoms with van der Waals surface area (Å²) in [5.74, 6) is -1.21. The number of hydrogen-bond donors (Lipinski definition) is 1. The molecular formula is C20H18ClN3O6S. The molecule has 3 aromatic rings. The van der Waals surface area contributed by atoms with Crippen LogP contribution in [0.25, 0.3) is 17.2 Å². The standard InChI is InChI=1S/C20H18ClN3O6S/c1-24(2)31(27,28)17-11-13(7-8-14(17)21)22-18(25)12-29-20(26)10-9-19-23-15-5-3-4-6-16(15)30-19/h3-11H,12H2,1-2H3,(H,22,25)/b10-9+. The highest BCUT2D eigenvalue weighted by Gasteiger charge is 2.21. The number of rotatable bonds is 7. The summed E-state index contributed by atoms with van der Waals surface area (Å²) >= 11 is 5.97. The Morgan fingerprint density at radius 3 is 2.68 bits per heavy atom. The molecule has 1 heterocycles. The maximum atomic E-state index is 12.3. The molecule has 0 saturated carbocycles. The molecule has 1 amide bonds. The molecular weight excluding hydrogens is 446 g/mol. The third-order valence-electron chi connectivity index (χ3n) is 3.99. The molecule has 0 atom stereocenters. The van der Waals surface area contributed by atoms with Gasteiger partial charge in [-0.05, 0) is 30.3 Å². The van der Waals surface area contributed by atoms with Gasteiger partial charge in [0.1, 0.15) is 10.4 Å². The van der Waals surface area contributed by atoms with Crippen molar-refractivity contribution in [3.8, 4) is 0 Å². The fourth-order valence-electron chi connectivity index (χ4n) is 2.46. The van der Waals surface area contributed by atoms with E-state index in [2.05, 4.69) is 10.3 Å². The normalized spacial score (nSPS) is 11.9. The first-order valence-electron chi connectivity index (χ1n) is 8.89. The van der Waals surface area contributed by atoms with Crippen LogP contribution in [0.3, 0.4) is 0 Å².